The Labute approximate surface area is 106 Å². The molecule has 0 atom stereocenters. The fourth-order valence-electron chi connectivity index (χ4n) is 2.27. The molecule has 0 bridgehead atoms. The summed E-state index contributed by atoms with van der Waals surface area (Å²) in [7, 11) is 1.95. The van der Waals surface area contributed by atoms with Gasteiger partial charge in [-0.05, 0) is 31.9 Å². The number of aryl methyl sites for hydroxylation is 2. The molecule has 4 nitrogen and oxygen atoms in total. The van der Waals surface area contributed by atoms with E-state index in [9.17, 15) is 4.79 Å². The third kappa shape index (κ3) is 2.10. The molecule has 4 heteroatoms. The number of ketones is 1. The minimum absolute atomic E-state index is 0.291. The molecule has 2 aromatic heterocycles. The van der Waals surface area contributed by atoms with Crippen LogP contribution in [0.5, 0.6) is 0 Å². The van der Waals surface area contributed by atoms with Crippen LogP contribution in [0.2, 0.25) is 0 Å². The first kappa shape index (κ1) is 11.3. The van der Waals surface area contributed by atoms with Gasteiger partial charge in [0.1, 0.15) is 0 Å². The predicted octanol–water partition coefficient (Wildman–Crippen LogP) is 2.17. The molecule has 1 aliphatic rings. The van der Waals surface area contributed by atoms with Crippen LogP contribution >= 0.6 is 0 Å². The molecule has 0 aliphatic heterocycles. The Balaban J connectivity index is 1.77. The molecule has 1 fully saturated rings. The number of rotatable bonds is 4. The average molecular weight is 243 g/mol. The highest BCUT2D eigenvalue weighted by Crippen LogP contribution is 2.32. The van der Waals surface area contributed by atoms with Gasteiger partial charge >= 0.3 is 0 Å². The summed E-state index contributed by atoms with van der Waals surface area (Å²) in [6.07, 6.45) is 6.04. The summed E-state index contributed by atoms with van der Waals surface area (Å²) in [4.78, 5) is 11.9. The standard InChI is InChI=1S/C14H17N3O/c1-10-7-13(16(2)15-10)9-17-6-5-12(8-17)14(18)11-3-4-11/h5-8,11H,3-4,9H2,1-2H3. The topological polar surface area (TPSA) is 39.8 Å². The van der Waals surface area contributed by atoms with E-state index in [4.69, 9.17) is 0 Å². The first-order chi connectivity index (χ1) is 8.63. The maximum atomic E-state index is 11.9. The molecule has 0 saturated heterocycles. The fourth-order valence-corrected chi connectivity index (χ4v) is 2.27. The second kappa shape index (κ2) is 4.12. The summed E-state index contributed by atoms with van der Waals surface area (Å²) in [6.45, 7) is 2.75. The highest BCUT2D eigenvalue weighted by molar-refractivity contribution is 5.99. The lowest BCUT2D eigenvalue weighted by Crippen LogP contribution is -2.04. The van der Waals surface area contributed by atoms with Crippen molar-refractivity contribution in [2.45, 2.75) is 26.3 Å². The van der Waals surface area contributed by atoms with E-state index in [0.29, 0.717) is 11.7 Å². The number of hydrogen-bond donors (Lipinski definition) is 0. The largest absolute Gasteiger partial charge is 0.348 e. The molecular formula is C14H17N3O. The van der Waals surface area contributed by atoms with Crippen LogP contribution in [0.25, 0.3) is 0 Å². The molecule has 0 N–H and O–H groups in total. The summed E-state index contributed by atoms with van der Waals surface area (Å²) in [5.41, 5.74) is 3.01. The van der Waals surface area contributed by atoms with Crippen LogP contribution in [0.4, 0.5) is 0 Å². The monoisotopic (exact) mass is 243 g/mol. The summed E-state index contributed by atoms with van der Waals surface area (Å²) in [6, 6.07) is 3.99. The van der Waals surface area contributed by atoms with Crippen LogP contribution in [0.1, 0.15) is 34.6 Å². The van der Waals surface area contributed by atoms with E-state index in [-0.39, 0.29) is 0 Å². The zero-order valence-corrected chi connectivity index (χ0v) is 10.8. The van der Waals surface area contributed by atoms with Crippen LogP contribution in [0.15, 0.2) is 24.5 Å². The van der Waals surface area contributed by atoms with E-state index in [0.717, 1.165) is 36.3 Å². The van der Waals surface area contributed by atoms with Gasteiger partial charge in [0.05, 0.1) is 17.9 Å². The number of hydrogen-bond acceptors (Lipinski definition) is 2. The Morgan fingerprint density at radius 1 is 1.50 bits per heavy atom. The van der Waals surface area contributed by atoms with Crippen molar-refractivity contribution in [2.75, 3.05) is 0 Å². The van der Waals surface area contributed by atoms with Crippen LogP contribution < -0.4 is 0 Å². The zero-order valence-electron chi connectivity index (χ0n) is 10.8. The molecule has 94 valence electrons. The third-order valence-corrected chi connectivity index (χ3v) is 3.43. The van der Waals surface area contributed by atoms with Crippen LogP contribution in [-0.4, -0.2) is 20.1 Å². The third-order valence-electron chi connectivity index (χ3n) is 3.43. The van der Waals surface area contributed by atoms with Crippen molar-refractivity contribution in [3.05, 3.63) is 41.5 Å². The molecule has 1 saturated carbocycles. The van der Waals surface area contributed by atoms with Gasteiger partial charge < -0.3 is 4.57 Å². The Morgan fingerprint density at radius 2 is 2.28 bits per heavy atom. The van der Waals surface area contributed by atoms with Crippen LogP contribution in [-0.2, 0) is 13.6 Å². The zero-order chi connectivity index (χ0) is 12.7. The summed E-state index contributed by atoms with van der Waals surface area (Å²) in [5.74, 6) is 0.592. The lowest BCUT2D eigenvalue weighted by atomic mass is 10.1. The van der Waals surface area contributed by atoms with E-state index >= 15 is 0 Å². The van der Waals surface area contributed by atoms with Crippen molar-refractivity contribution in [2.24, 2.45) is 13.0 Å². The minimum atomic E-state index is 0.291. The van der Waals surface area contributed by atoms with E-state index < -0.39 is 0 Å². The van der Waals surface area contributed by atoms with Crippen molar-refractivity contribution in [3.63, 3.8) is 0 Å². The first-order valence-corrected chi connectivity index (χ1v) is 6.33. The van der Waals surface area contributed by atoms with Gasteiger partial charge in [-0.25, -0.2) is 0 Å². The number of Topliss-reactive ketones (excluding diaryl/α,β-unsaturated/α-hetero) is 1. The molecule has 0 amide bonds. The number of aromatic nitrogens is 3. The Morgan fingerprint density at radius 3 is 2.89 bits per heavy atom. The molecular weight excluding hydrogens is 226 g/mol. The smallest absolute Gasteiger partial charge is 0.167 e. The van der Waals surface area contributed by atoms with Crippen molar-refractivity contribution in [1.82, 2.24) is 14.3 Å². The van der Waals surface area contributed by atoms with Crippen molar-refractivity contribution in [1.29, 1.82) is 0 Å². The van der Waals surface area contributed by atoms with Gasteiger partial charge in [-0.3, -0.25) is 9.48 Å². The fraction of sp³-hybridized carbons (Fsp3) is 0.429. The van der Waals surface area contributed by atoms with Crippen molar-refractivity contribution < 1.29 is 4.79 Å². The van der Waals surface area contributed by atoms with Crippen molar-refractivity contribution >= 4 is 5.78 Å². The normalized spacial score (nSPS) is 15.0. The highest BCUT2D eigenvalue weighted by atomic mass is 16.1. The van der Waals surface area contributed by atoms with Gasteiger partial charge in [-0.2, -0.15) is 5.10 Å². The Hall–Kier alpha value is -1.84. The highest BCUT2D eigenvalue weighted by Gasteiger charge is 2.30. The first-order valence-electron chi connectivity index (χ1n) is 6.33. The maximum Gasteiger partial charge on any atom is 0.167 e. The van der Waals surface area contributed by atoms with E-state index in [1.54, 1.807) is 0 Å². The van der Waals surface area contributed by atoms with Gasteiger partial charge in [0.25, 0.3) is 0 Å². The lowest BCUT2D eigenvalue weighted by Gasteiger charge is -2.02. The molecule has 2 heterocycles. The molecule has 2 aromatic rings. The second-order valence-electron chi connectivity index (χ2n) is 5.11. The minimum Gasteiger partial charge on any atom is -0.348 e. The molecule has 0 aromatic carbocycles. The number of carbonyl (C=O) groups excluding carboxylic acids is 1. The SMILES string of the molecule is Cc1cc(Cn2ccc(C(=O)C3CC3)c2)n(C)n1. The average Bonchev–Trinajstić information content (AvgIpc) is 2.99. The molecule has 0 radical (unpaired) electrons. The predicted molar refractivity (Wildman–Crippen MR) is 68.5 cm³/mol. The Bertz CT molecular complexity index is 590. The number of carbonyl (C=O) groups is 1. The van der Waals surface area contributed by atoms with Gasteiger partial charge in [0.15, 0.2) is 5.78 Å². The lowest BCUT2D eigenvalue weighted by molar-refractivity contribution is 0.0967. The summed E-state index contributed by atoms with van der Waals surface area (Å²) < 4.78 is 3.93. The quantitative estimate of drug-likeness (QED) is 0.772. The molecule has 0 spiro atoms. The van der Waals surface area contributed by atoms with Gasteiger partial charge in [-0.15, -0.1) is 0 Å². The van der Waals surface area contributed by atoms with Crippen LogP contribution in [0.3, 0.4) is 0 Å². The molecule has 0 unspecified atom stereocenters. The van der Waals surface area contributed by atoms with E-state index in [2.05, 4.69) is 11.2 Å². The van der Waals surface area contributed by atoms with Gasteiger partial charge in [0.2, 0.25) is 0 Å². The molecule has 1 aliphatic carbocycles. The number of nitrogens with zero attached hydrogens (tertiary/aromatic N) is 3. The maximum absolute atomic E-state index is 11.9. The Kier molecular flexibility index (Phi) is 2.58. The van der Waals surface area contributed by atoms with Crippen molar-refractivity contribution in [3.8, 4) is 0 Å². The summed E-state index contributed by atoms with van der Waals surface area (Å²) in [5, 5.41) is 4.32. The second-order valence-corrected chi connectivity index (χ2v) is 5.11. The molecule has 18 heavy (non-hydrogen) atoms. The van der Waals surface area contributed by atoms with Crippen LogP contribution in [0, 0.1) is 12.8 Å². The van der Waals surface area contributed by atoms with E-state index in [1.807, 2.05) is 41.7 Å². The van der Waals surface area contributed by atoms with Gasteiger partial charge in [0, 0.05) is 30.9 Å². The summed E-state index contributed by atoms with van der Waals surface area (Å²) >= 11 is 0. The van der Waals surface area contributed by atoms with Gasteiger partial charge in [-0.1, -0.05) is 0 Å². The molecule has 3 rings (SSSR count). The van der Waals surface area contributed by atoms with E-state index in [1.165, 1.54) is 0 Å².